The van der Waals surface area contributed by atoms with Crippen molar-refractivity contribution < 1.29 is 4.74 Å². The fourth-order valence-corrected chi connectivity index (χ4v) is 2.20. The van der Waals surface area contributed by atoms with Crippen LogP contribution < -0.4 is 11.3 Å². The molecule has 0 aliphatic carbocycles. The van der Waals surface area contributed by atoms with Crippen LogP contribution in [-0.2, 0) is 11.2 Å². The number of anilines is 1. The van der Waals surface area contributed by atoms with Crippen LogP contribution in [0.3, 0.4) is 0 Å². The van der Waals surface area contributed by atoms with E-state index in [1.165, 1.54) is 0 Å². The topological polar surface area (TPSA) is 73.1 Å². The van der Waals surface area contributed by atoms with E-state index in [1.54, 1.807) is 7.11 Å². The lowest BCUT2D eigenvalue weighted by Gasteiger charge is -2.17. The monoisotopic (exact) mass is 272 g/mol. The van der Waals surface area contributed by atoms with Crippen LogP contribution in [0.4, 0.5) is 5.82 Å². The number of ether oxygens (including phenoxy) is 1. The number of nitrogens with zero attached hydrogens (tertiary/aromatic N) is 2. The van der Waals surface area contributed by atoms with Crippen molar-refractivity contribution in [1.29, 1.82) is 0 Å². The maximum absolute atomic E-state index is 5.57. The van der Waals surface area contributed by atoms with Crippen LogP contribution in [0.2, 0.25) is 0 Å². The van der Waals surface area contributed by atoms with E-state index in [2.05, 4.69) is 22.3 Å². The Balaban J connectivity index is 2.50. The molecule has 0 saturated heterocycles. The van der Waals surface area contributed by atoms with Crippen molar-refractivity contribution in [2.24, 2.45) is 5.84 Å². The van der Waals surface area contributed by atoms with Gasteiger partial charge in [-0.3, -0.25) is 0 Å². The maximum atomic E-state index is 5.57. The molecule has 2 aromatic rings. The zero-order chi connectivity index (χ0) is 14.5. The minimum atomic E-state index is -0.297. The Bertz CT molecular complexity index is 546. The van der Waals surface area contributed by atoms with Gasteiger partial charge in [-0.1, -0.05) is 37.3 Å². The van der Waals surface area contributed by atoms with E-state index in [9.17, 15) is 0 Å². The zero-order valence-electron chi connectivity index (χ0n) is 12.1. The van der Waals surface area contributed by atoms with Gasteiger partial charge in [0.05, 0.1) is 0 Å². The van der Waals surface area contributed by atoms with Crippen molar-refractivity contribution in [3.63, 3.8) is 0 Å². The molecule has 1 unspecified atom stereocenters. The lowest BCUT2D eigenvalue weighted by Crippen LogP contribution is -2.17. The summed E-state index contributed by atoms with van der Waals surface area (Å²) in [4.78, 5) is 9.09. The van der Waals surface area contributed by atoms with E-state index in [4.69, 9.17) is 10.6 Å². The number of rotatable bonds is 5. The largest absolute Gasteiger partial charge is 0.369 e. The highest BCUT2D eigenvalue weighted by molar-refractivity contribution is 5.45. The summed E-state index contributed by atoms with van der Waals surface area (Å²) in [5.74, 6) is 6.81. The second-order valence-corrected chi connectivity index (χ2v) is 4.53. The summed E-state index contributed by atoms with van der Waals surface area (Å²) in [5.41, 5.74) is 5.60. The van der Waals surface area contributed by atoms with Gasteiger partial charge >= 0.3 is 0 Å². The summed E-state index contributed by atoms with van der Waals surface area (Å²) in [5, 5.41) is 0. The van der Waals surface area contributed by atoms with Crippen LogP contribution >= 0.6 is 0 Å². The number of methoxy groups -OCH3 is 1. The van der Waals surface area contributed by atoms with E-state index >= 15 is 0 Å². The van der Waals surface area contributed by atoms with Gasteiger partial charge in [-0.25, -0.2) is 15.8 Å². The van der Waals surface area contributed by atoms with Crippen molar-refractivity contribution >= 4 is 5.82 Å². The highest BCUT2D eigenvalue weighted by Crippen LogP contribution is 2.25. The molecule has 1 heterocycles. The lowest BCUT2D eigenvalue weighted by molar-refractivity contribution is 0.129. The first kappa shape index (κ1) is 14.4. The molecule has 1 atom stereocenters. The number of nitrogens with one attached hydrogen (secondary N) is 1. The predicted molar refractivity (Wildman–Crippen MR) is 79.3 cm³/mol. The number of aromatic nitrogens is 2. The van der Waals surface area contributed by atoms with Crippen molar-refractivity contribution in [3.8, 4) is 0 Å². The molecule has 0 spiro atoms. The molecule has 5 heteroatoms. The number of nitrogen functional groups attached to an aromatic ring is 1. The van der Waals surface area contributed by atoms with Crippen LogP contribution in [0.25, 0.3) is 0 Å². The minimum absolute atomic E-state index is 0.297. The average molecular weight is 272 g/mol. The Morgan fingerprint density at radius 1 is 1.25 bits per heavy atom. The Morgan fingerprint density at radius 2 is 1.95 bits per heavy atom. The normalized spacial score (nSPS) is 12.2. The van der Waals surface area contributed by atoms with Gasteiger partial charge in [0, 0.05) is 18.4 Å². The lowest BCUT2D eigenvalue weighted by atomic mass is 10.1. The van der Waals surface area contributed by atoms with E-state index in [1.807, 2.05) is 37.3 Å². The molecule has 106 valence electrons. The van der Waals surface area contributed by atoms with Gasteiger partial charge in [-0.05, 0) is 18.9 Å². The summed E-state index contributed by atoms with van der Waals surface area (Å²) in [7, 11) is 1.65. The van der Waals surface area contributed by atoms with Gasteiger partial charge in [0.1, 0.15) is 11.9 Å². The first-order valence-electron chi connectivity index (χ1n) is 6.63. The first-order chi connectivity index (χ1) is 9.71. The molecular weight excluding hydrogens is 252 g/mol. The highest BCUT2D eigenvalue weighted by Gasteiger charge is 2.19. The van der Waals surface area contributed by atoms with Crippen LogP contribution in [0.5, 0.6) is 0 Å². The number of hydrogen-bond donors (Lipinski definition) is 2. The van der Waals surface area contributed by atoms with Gasteiger partial charge in [-0.15, -0.1) is 0 Å². The molecule has 0 radical (unpaired) electrons. The van der Waals surface area contributed by atoms with Crippen LogP contribution in [0.1, 0.15) is 35.7 Å². The number of nitrogens with two attached hydrogens (primary N) is 1. The standard InChI is InChI=1S/C15H20N4O/c1-4-12-10(2)14(19-16)18-15(17-12)13(20-3)11-8-6-5-7-9-11/h5-9,13H,4,16H2,1-3H3,(H,17,18,19). The van der Waals surface area contributed by atoms with E-state index in [0.29, 0.717) is 11.6 Å². The fourth-order valence-electron chi connectivity index (χ4n) is 2.20. The quantitative estimate of drug-likeness (QED) is 0.645. The molecule has 1 aromatic carbocycles. The zero-order valence-corrected chi connectivity index (χ0v) is 12.1. The molecule has 0 amide bonds. The predicted octanol–water partition coefficient (Wildman–Crippen LogP) is 2.37. The van der Waals surface area contributed by atoms with E-state index < -0.39 is 0 Å². The maximum Gasteiger partial charge on any atom is 0.164 e. The van der Waals surface area contributed by atoms with E-state index in [0.717, 1.165) is 23.2 Å². The molecule has 20 heavy (non-hydrogen) atoms. The Labute approximate surface area is 119 Å². The van der Waals surface area contributed by atoms with Crippen molar-refractivity contribution in [2.45, 2.75) is 26.4 Å². The van der Waals surface area contributed by atoms with Gasteiger partial charge in [0.25, 0.3) is 0 Å². The third-order valence-electron chi connectivity index (χ3n) is 3.31. The number of benzene rings is 1. The van der Waals surface area contributed by atoms with Crippen LogP contribution in [-0.4, -0.2) is 17.1 Å². The summed E-state index contributed by atoms with van der Waals surface area (Å²) < 4.78 is 5.57. The fraction of sp³-hybridized carbons (Fsp3) is 0.333. The summed E-state index contributed by atoms with van der Waals surface area (Å²) in [6.07, 6.45) is 0.524. The molecule has 1 aromatic heterocycles. The second-order valence-electron chi connectivity index (χ2n) is 4.53. The van der Waals surface area contributed by atoms with Crippen LogP contribution in [0.15, 0.2) is 30.3 Å². The Kier molecular flexibility index (Phi) is 4.65. The van der Waals surface area contributed by atoms with E-state index in [-0.39, 0.29) is 6.10 Å². The molecule has 0 aliphatic rings. The smallest absolute Gasteiger partial charge is 0.164 e. The summed E-state index contributed by atoms with van der Waals surface area (Å²) >= 11 is 0. The molecular formula is C15H20N4O. The van der Waals surface area contributed by atoms with Gasteiger partial charge < -0.3 is 10.2 Å². The Hall–Kier alpha value is -1.98. The molecule has 3 N–H and O–H groups in total. The molecule has 0 aliphatic heterocycles. The molecule has 0 bridgehead atoms. The van der Waals surface area contributed by atoms with Crippen LogP contribution in [0, 0.1) is 6.92 Å². The van der Waals surface area contributed by atoms with Gasteiger partial charge in [0.2, 0.25) is 0 Å². The summed E-state index contributed by atoms with van der Waals surface area (Å²) in [6, 6.07) is 9.91. The van der Waals surface area contributed by atoms with Gasteiger partial charge in [0.15, 0.2) is 5.82 Å². The number of hydrogen-bond acceptors (Lipinski definition) is 5. The molecule has 5 nitrogen and oxygen atoms in total. The average Bonchev–Trinajstić information content (AvgIpc) is 2.50. The number of hydrazine groups is 1. The minimum Gasteiger partial charge on any atom is -0.369 e. The molecule has 0 fully saturated rings. The first-order valence-corrected chi connectivity index (χ1v) is 6.63. The third kappa shape index (κ3) is 2.79. The third-order valence-corrected chi connectivity index (χ3v) is 3.31. The van der Waals surface area contributed by atoms with Crippen molar-refractivity contribution in [2.75, 3.05) is 12.5 Å². The van der Waals surface area contributed by atoms with Crippen molar-refractivity contribution in [1.82, 2.24) is 9.97 Å². The highest BCUT2D eigenvalue weighted by atomic mass is 16.5. The van der Waals surface area contributed by atoms with Gasteiger partial charge in [-0.2, -0.15) is 0 Å². The second kappa shape index (κ2) is 6.45. The SMILES string of the molecule is CCc1nc(C(OC)c2ccccc2)nc(NN)c1C. The molecule has 2 rings (SSSR count). The number of aryl methyl sites for hydroxylation is 1. The summed E-state index contributed by atoms with van der Waals surface area (Å²) in [6.45, 7) is 4.02. The van der Waals surface area contributed by atoms with Crippen molar-refractivity contribution in [3.05, 3.63) is 53.0 Å². The Morgan fingerprint density at radius 3 is 2.50 bits per heavy atom. The molecule has 0 saturated carbocycles.